The average molecular weight is 283 g/mol. The maximum atomic E-state index is 6.28. The van der Waals surface area contributed by atoms with E-state index in [0.717, 1.165) is 24.9 Å². The summed E-state index contributed by atoms with van der Waals surface area (Å²) in [4.78, 5) is 2.72. The third kappa shape index (κ3) is 4.73. The minimum absolute atomic E-state index is 0.292. The third-order valence-electron chi connectivity index (χ3n) is 5.63. The first-order valence-corrected chi connectivity index (χ1v) is 9.06. The van der Waals surface area contributed by atoms with Crippen LogP contribution in [0.2, 0.25) is 0 Å². The fourth-order valence-corrected chi connectivity index (χ4v) is 3.97. The van der Waals surface area contributed by atoms with Crippen LogP contribution >= 0.6 is 0 Å². The minimum atomic E-state index is 0.292. The summed E-state index contributed by atoms with van der Waals surface area (Å²) in [5, 5.41) is 0. The lowest BCUT2D eigenvalue weighted by Gasteiger charge is -2.44. The van der Waals surface area contributed by atoms with E-state index in [9.17, 15) is 0 Å². The van der Waals surface area contributed by atoms with Gasteiger partial charge in [-0.2, -0.15) is 0 Å². The predicted molar refractivity (Wildman–Crippen MR) is 90.0 cm³/mol. The van der Waals surface area contributed by atoms with Crippen LogP contribution in [0.25, 0.3) is 0 Å². The normalized spacial score (nSPS) is 29.4. The van der Waals surface area contributed by atoms with E-state index in [2.05, 4.69) is 32.6 Å². The van der Waals surface area contributed by atoms with Crippen molar-refractivity contribution in [2.45, 2.75) is 84.6 Å². The molecule has 0 aromatic rings. The molecule has 0 heterocycles. The smallest absolute Gasteiger partial charge is 0.0331 e. The monoisotopic (exact) mass is 282 g/mol. The Morgan fingerprint density at radius 2 is 1.95 bits per heavy atom. The lowest BCUT2D eigenvalue weighted by molar-refractivity contribution is 0.0672. The van der Waals surface area contributed by atoms with Crippen LogP contribution < -0.4 is 5.73 Å². The molecule has 3 atom stereocenters. The second-order valence-corrected chi connectivity index (χ2v) is 7.07. The molecule has 2 nitrogen and oxygen atoms in total. The highest BCUT2D eigenvalue weighted by Gasteiger charge is 2.36. The van der Waals surface area contributed by atoms with Crippen LogP contribution in [0.4, 0.5) is 0 Å². The van der Waals surface area contributed by atoms with Crippen molar-refractivity contribution in [2.24, 2.45) is 17.6 Å². The Morgan fingerprint density at radius 1 is 1.20 bits per heavy atom. The standard InChI is InChI=1S/C18H38N2/c1-5-9-17-10-8-12-18(15-19,13-11-17)20(7-3)14-16(4)6-2/h16-17H,5-15,19H2,1-4H3. The van der Waals surface area contributed by atoms with E-state index in [1.807, 2.05) is 0 Å². The van der Waals surface area contributed by atoms with Gasteiger partial charge in [0.05, 0.1) is 0 Å². The molecule has 0 bridgehead atoms. The van der Waals surface area contributed by atoms with Crippen molar-refractivity contribution in [2.75, 3.05) is 19.6 Å². The van der Waals surface area contributed by atoms with Gasteiger partial charge in [-0.1, -0.05) is 59.8 Å². The Morgan fingerprint density at radius 3 is 2.50 bits per heavy atom. The summed E-state index contributed by atoms with van der Waals surface area (Å²) in [7, 11) is 0. The van der Waals surface area contributed by atoms with Crippen molar-refractivity contribution in [3.8, 4) is 0 Å². The summed E-state index contributed by atoms with van der Waals surface area (Å²) in [6, 6.07) is 0. The molecule has 1 saturated carbocycles. The van der Waals surface area contributed by atoms with Crippen LogP contribution in [-0.4, -0.2) is 30.1 Å². The number of likely N-dealkylation sites (N-methyl/N-ethyl adjacent to an activating group) is 1. The van der Waals surface area contributed by atoms with Crippen LogP contribution in [0.3, 0.4) is 0 Å². The fourth-order valence-electron chi connectivity index (χ4n) is 3.97. The highest BCUT2D eigenvalue weighted by atomic mass is 15.2. The van der Waals surface area contributed by atoms with Crippen molar-refractivity contribution < 1.29 is 0 Å². The number of hydrogen-bond donors (Lipinski definition) is 1. The van der Waals surface area contributed by atoms with Gasteiger partial charge >= 0.3 is 0 Å². The molecule has 1 aliphatic carbocycles. The van der Waals surface area contributed by atoms with E-state index in [-0.39, 0.29) is 0 Å². The van der Waals surface area contributed by atoms with E-state index in [0.29, 0.717) is 5.54 Å². The Labute approximate surface area is 127 Å². The van der Waals surface area contributed by atoms with E-state index < -0.39 is 0 Å². The maximum Gasteiger partial charge on any atom is 0.0331 e. The zero-order valence-corrected chi connectivity index (χ0v) is 14.5. The molecule has 20 heavy (non-hydrogen) atoms. The second kappa shape index (κ2) is 9.04. The quantitative estimate of drug-likeness (QED) is 0.667. The first-order chi connectivity index (χ1) is 9.61. The molecule has 120 valence electrons. The molecular weight excluding hydrogens is 244 g/mol. The van der Waals surface area contributed by atoms with Gasteiger partial charge in [0.2, 0.25) is 0 Å². The van der Waals surface area contributed by atoms with Gasteiger partial charge < -0.3 is 5.73 Å². The van der Waals surface area contributed by atoms with Crippen molar-refractivity contribution >= 4 is 0 Å². The lowest BCUT2D eigenvalue weighted by Crippen LogP contribution is -2.54. The zero-order valence-electron chi connectivity index (χ0n) is 14.5. The van der Waals surface area contributed by atoms with Gasteiger partial charge in [-0.15, -0.1) is 0 Å². The second-order valence-electron chi connectivity index (χ2n) is 7.07. The zero-order chi connectivity index (χ0) is 15.0. The average Bonchev–Trinajstić information content (AvgIpc) is 2.68. The van der Waals surface area contributed by atoms with E-state index in [1.54, 1.807) is 0 Å². The molecule has 1 fully saturated rings. The number of nitrogens with two attached hydrogens (primary N) is 1. The summed E-state index contributed by atoms with van der Waals surface area (Å²) in [6.45, 7) is 12.5. The Bertz CT molecular complexity index is 254. The Balaban J connectivity index is 2.73. The minimum Gasteiger partial charge on any atom is -0.329 e. The van der Waals surface area contributed by atoms with Gasteiger partial charge in [-0.05, 0) is 37.6 Å². The summed E-state index contributed by atoms with van der Waals surface area (Å²) in [5.74, 6) is 1.74. The molecular formula is C18H38N2. The van der Waals surface area contributed by atoms with Crippen molar-refractivity contribution in [1.29, 1.82) is 0 Å². The summed E-state index contributed by atoms with van der Waals surface area (Å²) in [6.07, 6.45) is 10.8. The largest absolute Gasteiger partial charge is 0.329 e. The Hall–Kier alpha value is -0.0800. The molecule has 3 unspecified atom stereocenters. The van der Waals surface area contributed by atoms with Crippen LogP contribution in [0, 0.1) is 11.8 Å². The van der Waals surface area contributed by atoms with Gasteiger partial charge in [0.15, 0.2) is 0 Å². The van der Waals surface area contributed by atoms with Crippen molar-refractivity contribution in [1.82, 2.24) is 4.90 Å². The van der Waals surface area contributed by atoms with Crippen LogP contribution in [0.5, 0.6) is 0 Å². The van der Waals surface area contributed by atoms with Gasteiger partial charge in [-0.25, -0.2) is 0 Å². The first-order valence-electron chi connectivity index (χ1n) is 9.06. The molecule has 0 aromatic carbocycles. The molecule has 1 aliphatic rings. The maximum absolute atomic E-state index is 6.28. The van der Waals surface area contributed by atoms with Gasteiger partial charge in [0, 0.05) is 18.6 Å². The topological polar surface area (TPSA) is 29.3 Å². The molecule has 1 rings (SSSR count). The van der Waals surface area contributed by atoms with Crippen molar-refractivity contribution in [3.05, 3.63) is 0 Å². The molecule has 0 aromatic heterocycles. The van der Waals surface area contributed by atoms with Crippen LogP contribution in [0.1, 0.15) is 79.1 Å². The number of rotatable bonds is 8. The van der Waals surface area contributed by atoms with Crippen molar-refractivity contribution in [3.63, 3.8) is 0 Å². The molecule has 0 spiro atoms. The molecule has 0 amide bonds. The number of hydrogen-bond acceptors (Lipinski definition) is 2. The van der Waals surface area contributed by atoms with Crippen LogP contribution in [0.15, 0.2) is 0 Å². The highest BCUT2D eigenvalue weighted by molar-refractivity contribution is 4.94. The van der Waals surface area contributed by atoms with E-state index in [1.165, 1.54) is 57.9 Å². The molecule has 0 saturated heterocycles. The molecule has 2 N–H and O–H groups in total. The predicted octanol–water partition coefficient (Wildman–Crippen LogP) is 4.43. The SMILES string of the molecule is CCCC1CCCC(CN)(N(CC)CC(C)CC)CC1. The summed E-state index contributed by atoms with van der Waals surface area (Å²) in [5.41, 5.74) is 6.57. The lowest BCUT2D eigenvalue weighted by atomic mass is 9.86. The van der Waals surface area contributed by atoms with E-state index >= 15 is 0 Å². The van der Waals surface area contributed by atoms with Gasteiger partial charge in [-0.3, -0.25) is 4.90 Å². The third-order valence-corrected chi connectivity index (χ3v) is 5.63. The number of nitrogens with zero attached hydrogens (tertiary/aromatic N) is 1. The molecule has 0 radical (unpaired) electrons. The van der Waals surface area contributed by atoms with Crippen LogP contribution in [-0.2, 0) is 0 Å². The van der Waals surface area contributed by atoms with Gasteiger partial charge in [0.25, 0.3) is 0 Å². The fraction of sp³-hybridized carbons (Fsp3) is 1.00. The highest BCUT2D eigenvalue weighted by Crippen LogP contribution is 2.36. The first kappa shape index (κ1) is 18.0. The van der Waals surface area contributed by atoms with Gasteiger partial charge in [0.1, 0.15) is 0 Å². The Kier molecular flexibility index (Phi) is 8.13. The molecule has 0 aliphatic heterocycles. The molecule has 2 heteroatoms. The summed E-state index contributed by atoms with van der Waals surface area (Å²) < 4.78 is 0. The summed E-state index contributed by atoms with van der Waals surface area (Å²) >= 11 is 0. The van der Waals surface area contributed by atoms with E-state index in [4.69, 9.17) is 5.73 Å².